The maximum absolute atomic E-state index is 12.1. The third-order valence-electron chi connectivity index (χ3n) is 3.75. The predicted molar refractivity (Wildman–Crippen MR) is 78.8 cm³/mol. The Hall–Kier alpha value is -1.77. The van der Waals surface area contributed by atoms with Gasteiger partial charge < -0.3 is 11.1 Å². The fourth-order valence-electron chi connectivity index (χ4n) is 2.42. The van der Waals surface area contributed by atoms with Gasteiger partial charge in [-0.1, -0.05) is 24.3 Å². The number of nitrogen functional groups attached to an aromatic ring is 1. The molecule has 1 amide bonds. The molecule has 1 aromatic rings. The molecule has 3 nitrogen and oxygen atoms in total. The smallest absolute Gasteiger partial charge is 0.227 e. The summed E-state index contributed by atoms with van der Waals surface area (Å²) in [6.45, 7) is 2.70. The normalized spacial score (nSPS) is 19.9. The van der Waals surface area contributed by atoms with Gasteiger partial charge in [-0.05, 0) is 49.8 Å². The molecule has 102 valence electrons. The van der Waals surface area contributed by atoms with Gasteiger partial charge in [-0.25, -0.2) is 0 Å². The van der Waals surface area contributed by atoms with Crippen LogP contribution < -0.4 is 11.1 Å². The van der Waals surface area contributed by atoms with Crippen LogP contribution in [0.2, 0.25) is 0 Å². The maximum atomic E-state index is 12.1. The Bertz CT molecular complexity index is 468. The monoisotopic (exact) mass is 258 g/mol. The van der Waals surface area contributed by atoms with E-state index in [1.807, 2.05) is 31.2 Å². The number of benzene rings is 1. The molecule has 1 aliphatic carbocycles. The Morgan fingerprint density at radius 1 is 1.47 bits per heavy atom. The Labute approximate surface area is 114 Å². The summed E-state index contributed by atoms with van der Waals surface area (Å²) in [6.07, 6.45) is 7.80. The molecule has 2 atom stereocenters. The lowest BCUT2D eigenvalue weighted by atomic mass is 9.94. The predicted octanol–water partition coefficient (Wildman–Crippen LogP) is 2.84. The van der Waals surface area contributed by atoms with Crippen molar-refractivity contribution >= 4 is 11.6 Å². The zero-order valence-corrected chi connectivity index (χ0v) is 11.4. The van der Waals surface area contributed by atoms with Crippen LogP contribution in [0, 0.1) is 5.92 Å². The summed E-state index contributed by atoms with van der Waals surface area (Å²) in [5, 5.41) is 3.06. The zero-order valence-electron chi connectivity index (χ0n) is 11.4. The van der Waals surface area contributed by atoms with Crippen molar-refractivity contribution in [3.63, 3.8) is 0 Å². The maximum Gasteiger partial charge on any atom is 0.227 e. The first-order chi connectivity index (χ1) is 9.16. The minimum absolute atomic E-state index is 0.0835. The third-order valence-corrected chi connectivity index (χ3v) is 3.75. The van der Waals surface area contributed by atoms with E-state index in [9.17, 15) is 4.79 Å². The SMILES string of the molecule is CC(C(=O)NCC1CC=CCC1)c1cccc(N)c1. The molecule has 0 fully saturated rings. The Morgan fingerprint density at radius 2 is 2.32 bits per heavy atom. The fraction of sp³-hybridized carbons (Fsp3) is 0.438. The van der Waals surface area contributed by atoms with Gasteiger partial charge in [0.2, 0.25) is 5.91 Å². The van der Waals surface area contributed by atoms with Crippen LogP contribution in [-0.2, 0) is 4.79 Å². The van der Waals surface area contributed by atoms with E-state index in [0.717, 1.165) is 24.9 Å². The Balaban J connectivity index is 1.87. The molecule has 0 aliphatic heterocycles. The molecule has 0 radical (unpaired) electrons. The lowest BCUT2D eigenvalue weighted by Gasteiger charge is -2.20. The van der Waals surface area contributed by atoms with Crippen molar-refractivity contribution in [3.8, 4) is 0 Å². The van der Waals surface area contributed by atoms with Crippen molar-refractivity contribution in [2.24, 2.45) is 5.92 Å². The van der Waals surface area contributed by atoms with Crippen LogP contribution in [0.15, 0.2) is 36.4 Å². The van der Waals surface area contributed by atoms with Crippen molar-refractivity contribution in [1.82, 2.24) is 5.32 Å². The van der Waals surface area contributed by atoms with Crippen LogP contribution >= 0.6 is 0 Å². The van der Waals surface area contributed by atoms with E-state index < -0.39 is 0 Å². The molecule has 3 heteroatoms. The highest BCUT2D eigenvalue weighted by Gasteiger charge is 2.17. The average Bonchev–Trinajstić information content (AvgIpc) is 2.45. The second-order valence-corrected chi connectivity index (χ2v) is 5.29. The first-order valence-corrected chi connectivity index (χ1v) is 6.95. The molecule has 1 aliphatic rings. The number of allylic oxidation sites excluding steroid dienone is 2. The van der Waals surface area contributed by atoms with Crippen molar-refractivity contribution in [2.75, 3.05) is 12.3 Å². The Morgan fingerprint density at radius 3 is 3.00 bits per heavy atom. The minimum Gasteiger partial charge on any atom is -0.399 e. The second-order valence-electron chi connectivity index (χ2n) is 5.29. The molecular formula is C16H22N2O. The van der Waals surface area contributed by atoms with Gasteiger partial charge in [-0.3, -0.25) is 4.79 Å². The molecule has 0 saturated heterocycles. The van der Waals surface area contributed by atoms with Crippen LogP contribution in [0.1, 0.15) is 37.7 Å². The number of carbonyl (C=O) groups excluding carboxylic acids is 1. The van der Waals surface area contributed by atoms with E-state index in [0.29, 0.717) is 11.6 Å². The van der Waals surface area contributed by atoms with E-state index in [1.54, 1.807) is 0 Å². The van der Waals surface area contributed by atoms with E-state index >= 15 is 0 Å². The van der Waals surface area contributed by atoms with Gasteiger partial charge in [0, 0.05) is 12.2 Å². The van der Waals surface area contributed by atoms with Gasteiger partial charge in [-0.2, -0.15) is 0 Å². The molecule has 0 bridgehead atoms. The van der Waals surface area contributed by atoms with Gasteiger partial charge in [0.15, 0.2) is 0 Å². The summed E-state index contributed by atoms with van der Waals surface area (Å²) in [6, 6.07) is 7.54. The highest BCUT2D eigenvalue weighted by Crippen LogP contribution is 2.20. The highest BCUT2D eigenvalue weighted by atomic mass is 16.1. The van der Waals surface area contributed by atoms with Crippen molar-refractivity contribution in [2.45, 2.75) is 32.1 Å². The molecule has 0 saturated carbocycles. The number of rotatable bonds is 4. The van der Waals surface area contributed by atoms with E-state index in [1.165, 1.54) is 6.42 Å². The molecule has 1 aromatic carbocycles. The number of carbonyl (C=O) groups is 1. The van der Waals surface area contributed by atoms with E-state index in [4.69, 9.17) is 5.73 Å². The van der Waals surface area contributed by atoms with E-state index in [-0.39, 0.29) is 11.8 Å². The van der Waals surface area contributed by atoms with Crippen LogP contribution in [0.25, 0.3) is 0 Å². The summed E-state index contributed by atoms with van der Waals surface area (Å²) in [5.41, 5.74) is 7.42. The summed E-state index contributed by atoms with van der Waals surface area (Å²) in [4.78, 5) is 12.1. The fourth-order valence-corrected chi connectivity index (χ4v) is 2.42. The third kappa shape index (κ3) is 3.85. The molecule has 0 aromatic heterocycles. The van der Waals surface area contributed by atoms with Crippen LogP contribution in [0.3, 0.4) is 0 Å². The van der Waals surface area contributed by atoms with Crippen molar-refractivity contribution in [3.05, 3.63) is 42.0 Å². The molecular weight excluding hydrogens is 236 g/mol. The minimum atomic E-state index is -0.150. The number of hydrogen-bond donors (Lipinski definition) is 2. The standard InChI is InChI=1S/C16H22N2O/c1-12(14-8-5-9-15(17)10-14)16(19)18-11-13-6-3-2-4-7-13/h2-3,5,8-10,12-13H,4,6-7,11,17H2,1H3,(H,18,19). The second kappa shape index (κ2) is 6.41. The first-order valence-electron chi connectivity index (χ1n) is 6.95. The van der Waals surface area contributed by atoms with Crippen molar-refractivity contribution < 1.29 is 4.79 Å². The number of amides is 1. The lowest BCUT2D eigenvalue weighted by Crippen LogP contribution is -2.32. The quantitative estimate of drug-likeness (QED) is 0.644. The topological polar surface area (TPSA) is 55.1 Å². The molecule has 0 spiro atoms. The summed E-state index contributed by atoms with van der Waals surface area (Å²) < 4.78 is 0. The van der Waals surface area contributed by atoms with Gasteiger partial charge in [-0.15, -0.1) is 0 Å². The molecule has 0 heterocycles. The number of anilines is 1. The van der Waals surface area contributed by atoms with E-state index in [2.05, 4.69) is 17.5 Å². The van der Waals surface area contributed by atoms with Crippen LogP contribution in [-0.4, -0.2) is 12.5 Å². The van der Waals surface area contributed by atoms with Crippen LogP contribution in [0.5, 0.6) is 0 Å². The number of nitrogens with two attached hydrogens (primary N) is 1. The largest absolute Gasteiger partial charge is 0.399 e. The first kappa shape index (κ1) is 13.7. The summed E-state index contributed by atoms with van der Waals surface area (Å²) >= 11 is 0. The van der Waals surface area contributed by atoms with Gasteiger partial charge in [0.25, 0.3) is 0 Å². The molecule has 19 heavy (non-hydrogen) atoms. The van der Waals surface area contributed by atoms with Gasteiger partial charge in [0.1, 0.15) is 0 Å². The van der Waals surface area contributed by atoms with Crippen molar-refractivity contribution in [1.29, 1.82) is 0 Å². The average molecular weight is 258 g/mol. The zero-order chi connectivity index (χ0) is 13.7. The molecule has 3 N–H and O–H groups in total. The lowest BCUT2D eigenvalue weighted by molar-refractivity contribution is -0.122. The molecule has 2 rings (SSSR count). The Kier molecular flexibility index (Phi) is 4.61. The number of nitrogens with one attached hydrogen (secondary N) is 1. The van der Waals surface area contributed by atoms with Gasteiger partial charge in [0.05, 0.1) is 5.92 Å². The molecule has 2 unspecified atom stereocenters. The number of hydrogen-bond acceptors (Lipinski definition) is 2. The highest BCUT2D eigenvalue weighted by molar-refractivity contribution is 5.83. The summed E-state index contributed by atoms with van der Waals surface area (Å²) in [5.74, 6) is 0.518. The summed E-state index contributed by atoms with van der Waals surface area (Å²) in [7, 11) is 0. The van der Waals surface area contributed by atoms with Gasteiger partial charge >= 0.3 is 0 Å². The van der Waals surface area contributed by atoms with Crippen LogP contribution in [0.4, 0.5) is 5.69 Å².